The summed E-state index contributed by atoms with van der Waals surface area (Å²) in [6, 6.07) is 22.0. The van der Waals surface area contributed by atoms with Crippen molar-refractivity contribution >= 4 is 28.5 Å². The number of benzene rings is 3. The molecule has 5 aromatic rings. The van der Waals surface area contributed by atoms with E-state index in [0.29, 0.717) is 21.6 Å². The number of fused-ring (bicyclic) bond motifs is 1. The molecule has 0 bridgehead atoms. The molecule has 162 valence electrons. The number of rotatable bonds is 5. The summed E-state index contributed by atoms with van der Waals surface area (Å²) in [5.74, 6) is -0.512. The summed E-state index contributed by atoms with van der Waals surface area (Å²) in [5.41, 5.74) is 3.59. The number of hydrogen-bond donors (Lipinski definition) is 2. The molecule has 33 heavy (non-hydrogen) atoms. The normalized spacial score (nSPS) is 10.9. The average Bonchev–Trinajstić information content (AvgIpc) is 3.37. The maximum Gasteiger partial charge on any atom is 0.349 e. The first-order chi connectivity index (χ1) is 16.1. The van der Waals surface area contributed by atoms with Gasteiger partial charge in [-0.2, -0.15) is 0 Å². The van der Waals surface area contributed by atoms with Crippen molar-refractivity contribution in [1.82, 2.24) is 15.3 Å². The van der Waals surface area contributed by atoms with E-state index in [-0.39, 0.29) is 12.1 Å². The van der Waals surface area contributed by atoms with Crippen LogP contribution in [0, 0.1) is 0 Å². The Bertz CT molecular complexity index is 1510. The number of amides is 1. The fourth-order valence-corrected chi connectivity index (χ4v) is 4.02. The molecule has 1 amide bonds. The molecule has 0 atom stereocenters. The van der Waals surface area contributed by atoms with Crippen LogP contribution in [-0.2, 0) is 6.54 Å². The predicted octanol–water partition coefficient (Wildman–Crippen LogP) is 5.43. The van der Waals surface area contributed by atoms with Gasteiger partial charge in [0.05, 0.1) is 18.2 Å². The van der Waals surface area contributed by atoms with Crippen LogP contribution in [-0.4, -0.2) is 15.9 Å². The van der Waals surface area contributed by atoms with Gasteiger partial charge in [-0.1, -0.05) is 66.2 Å². The van der Waals surface area contributed by atoms with E-state index in [1.165, 1.54) is 0 Å². The lowest BCUT2D eigenvalue weighted by molar-refractivity contribution is 0.0948. The Morgan fingerprint density at radius 2 is 1.79 bits per heavy atom. The van der Waals surface area contributed by atoms with Crippen molar-refractivity contribution in [2.75, 3.05) is 0 Å². The summed E-state index contributed by atoms with van der Waals surface area (Å²) in [5, 5.41) is 4.08. The lowest BCUT2D eigenvalue weighted by atomic mass is 9.95. The third-order valence-corrected chi connectivity index (χ3v) is 5.60. The van der Waals surface area contributed by atoms with Crippen molar-refractivity contribution in [3.05, 3.63) is 112 Å². The van der Waals surface area contributed by atoms with Gasteiger partial charge in [0.15, 0.2) is 0 Å². The van der Waals surface area contributed by atoms with Crippen LogP contribution in [0.1, 0.15) is 15.9 Å². The van der Waals surface area contributed by atoms with E-state index in [1.807, 2.05) is 42.5 Å². The van der Waals surface area contributed by atoms with E-state index < -0.39 is 11.5 Å². The molecule has 0 radical (unpaired) electrons. The minimum Gasteiger partial charge on any atom is -0.422 e. The molecule has 0 saturated heterocycles. The summed E-state index contributed by atoms with van der Waals surface area (Å²) in [4.78, 5) is 33.2. The van der Waals surface area contributed by atoms with Crippen LogP contribution >= 0.6 is 11.6 Å². The molecule has 2 aromatic heterocycles. The van der Waals surface area contributed by atoms with Crippen LogP contribution < -0.4 is 10.9 Å². The molecule has 7 heteroatoms. The first-order valence-corrected chi connectivity index (χ1v) is 10.7. The van der Waals surface area contributed by atoms with Gasteiger partial charge in [0.2, 0.25) is 0 Å². The zero-order chi connectivity index (χ0) is 22.8. The van der Waals surface area contributed by atoms with Crippen LogP contribution in [0.3, 0.4) is 0 Å². The zero-order valence-electron chi connectivity index (χ0n) is 17.3. The van der Waals surface area contributed by atoms with Crippen LogP contribution in [0.5, 0.6) is 0 Å². The molecule has 0 unspecified atom stereocenters. The van der Waals surface area contributed by atoms with Gasteiger partial charge in [-0.3, -0.25) is 4.79 Å². The lowest BCUT2D eigenvalue weighted by Gasteiger charge is -2.13. The Morgan fingerprint density at radius 3 is 2.55 bits per heavy atom. The Kier molecular flexibility index (Phi) is 5.50. The fraction of sp³-hybridized carbons (Fsp3) is 0.0385. The van der Waals surface area contributed by atoms with E-state index in [9.17, 15) is 9.59 Å². The molecule has 0 aliphatic rings. The van der Waals surface area contributed by atoms with E-state index in [2.05, 4.69) is 15.3 Å². The third-order valence-electron chi connectivity index (χ3n) is 5.37. The molecule has 0 saturated carbocycles. The summed E-state index contributed by atoms with van der Waals surface area (Å²) >= 11 is 6.04. The number of para-hydroxylation sites is 1. The molecule has 0 aliphatic carbocycles. The fourth-order valence-electron chi connectivity index (χ4n) is 3.80. The highest BCUT2D eigenvalue weighted by Gasteiger charge is 2.22. The molecule has 2 N–H and O–H groups in total. The van der Waals surface area contributed by atoms with Crippen LogP contribution in [0.25, 0.3) is 33.4 Å². The van der Waals surface area contributed by atoms with Gasteiger partial charge >= 0.3 is 5.63 Å². The van der Waals surface area contributed by atoms with Gasteiger partial charge in [-0.25, -0.2) is 9.78 Å². The maximum atomic E-state index is 13.2. The first kappa shape index (κ1) is 20.7. The minimum absolute atomic E-state index is 0.0370. The van der Waals surface area contributed by atoms with Gasteiger partial charge in [0.25, 0.3) is 5.91 Å². The quantitative estimate of drug-likeness (QED) is 0.346. The van der Waals surface area contributed by atoms with Gasteiger partial charge in [-0.05, 0) is 34.9 Å². The van der Waals surface area contributed by atoms with Crippen LogP contribution in [0.4, 0.5) is 0 Å². The average molecular weight is 456 g/mol. The molecule has 2 heterocycles. The molecular formula is C26H18ClN3O3. The topological polar surface area (TPSA) is 88.0 Å². The second-order valence-corrected chi connectivity index (χ2v) is 7.93. The highest BCUT2D eigenvalue weighted by molar-refractivity contribution is 6.30. The van der Waals surface area contributed by atoms with Gasteiger partial charge in [0.1, 0.15) is 11.1 Å². The van der Waals surface area contributed by atoms with Crippen molar-refractivity contribution in [3.63, 3.8) is 0 Å². The van der Waals surface area contributed by atoms with Crippen molar-refractivity contribution in [2.45, 2.75) is 6.54 Å². The Balaban J connectivity index is 1.58. The highest BCUT2D eigenvalue weighted by Crippen LogP contribution is 2.32. The van der Waals surface area contributed by atoms with Crippen molar-refractivity contribution in [3.8, 4) is 22.4 Å². The molecule has 6 nitrogen and oxygen atoms in total. The zero-order valence-corrected chi connectivity index (χ0v) is 18.1. The third kappa shape index (κ3) is 4.16. The predicted molar refractivity (Wildman–Crippen MR) is 128 cm³/mol. The summed E-state index contributed by atoms with van der Waals surface area (Å²) < 4.78 is 5.48. The molecule has 5 rings (SSSR count). The number of carbonyl (C=O) groups excluding carboxylic acids is 1. The number of nitrogens with zero attached hydrogens (tertiary/aromatic N) is 1. The minimum atomic E-state index is -0.690. The smallest absolute Gasteiger partial charge is 0.349 e. The number of imidazole rings is 1. The highest BCUT2D eigenvalue weighted by atomic mass is 35.5. The summed E-state index contributed by atoms with van der Waals surface area (Å²) in [7, 11) is 0. The van der Waals surface area contributed by atoms with Crippen molar-refractivity contribution in [2.24, 2.45) is 0 Å². The first-order valence-electron chi connectivity index (χ1n) is 10.3. The Morgan fingerprint density at radius 1 is 1.00 bits per heavy atom. The molecule has 0 aliphatic heterocycles. The number of H-pyrrole nitrogens is 1. The molecule has 0 fully saturated rings. The van der Waals surface area contributed by atoms with Crippen molar-refractivity contribution < 1.29 is 9.21 Å². The van der Waals surface area contributed by atoms with Crippen LogP contribution in [0.2, 0.25) is 5.02 Å². The largest absolute Gasteiger partial charge is 0.422 e. The van der Waals surface area contributed by atoms with E-state index in [0.717, 1.165) is 22.4 Å². The van der Waals surface area contributed by atoms with E-state index >= 15 is 0 Å². The SMILES string of the molecule is O=C(NCc1cccc(Cl)c1)c1c(-c2ccc(-c3cnc[nH]3)cc2)c2ccccc2oc1=O. The van der Waals surface area contributed by atoms with Crippen LogP contribution in [0.15, 0.2) is 94.5 Å². The molecule has 0 spiro atoms. The lowest BCUT2D eigenvalue weighted by Crippen LogP contribution is -2.29. The number of carbonyl (C=O) groups is 1. The second kappa shape index (κ2) is 8.76. The van der Waals surface area contributed by atoms with Gasteiger partial charge in [-0.15, -0.1) is 0 Å². The molecular weight excluding hydrogens is 438 g/mol. The van der Waals surface area contributed by atoms with Gasteiger partial charge in [0, 0.05) is 22.5 Å². The number of aromatic nitrogens is 2. The standard InChI is InChI=1S/C26H18ClN3O3/c27-19-5-3-4-16(12-19)13-29-25(31)24-23(20-6-1-2-7-22(20)33-26(24)32)18-10-8-17(9-11-18)21-14-28-15-30-21/h1-12,14-15H,13H2,(H,28,30)(H,29,31). The summed E-state index contributed by atoms with van der Waals surface area (Å²) in [6.07, 6.45) is 3.35. The second-order valence-electron chi connectivity index (χ2n) is 7.49. The maximum absolute atomic E-state index is 13.2. The van der Waals surface area contributed by atoms with E-state index in [1.54, 1.807) is 42.9 Å². The monoisotopic (exact) mass is 455 g/mol. The van der Waals surface area contributed by atoms with Crippen molar-refractivity contribution in [1.29, 1.82) is 0 Å². The number of halogens is 1. The Hall–Kier alpha value is -4.16. The van der Waals surface area contributed by atoms with Gasteiger partial charge < -0.3 is 14.7 Å². The number of aromatic amines is 1. The molecule has 3 aromatic carbocycles. The number of hydrogen-bond acceptors (Lipinski definition) is 4. The van der Waals surface area contributed by atoms with E-state index in [4.69, 9.17) is 16.0 Å². The number of nitrogens with one attached hydrogen (secondary N) is 2. The summed E-state index contributed by atoms with van der Waals surface area (Å²) in [6.45, 7) is 0.226. The Labute approximate surface area is 193 Å².